The molecule has 0 spiro atoms. The van der Waals surface area contributed by atoms with Crippen LogP contribution in [0.25, 0.3) is 0 Å². The Kier molecular flexibility index (Phi) is 3.57. The quantitative estimate of drug-likeness (QED) is 0.575. The second kappa shape index (κ2) is 4.94. The molecular formula is C12H14N2Se2. The second-order valence-electron chi connectivity index (χ2n) is 3.50. The Morgan fingerprint density at radius 3 is 1.50 bits per heavy atom. The zero-order valence-electron chi connectivity index (χ0n) is 8.68. The molecule has 2 rings (SSSR count). The maximum absolute atomic E-state index is 5.99. The summed E-state index contributed by atoms with van der Waals surface area (Å²) < 4.78 is 2.47. The first-order valence-electron chi connectivity index (χ1n) is 4.94. The fourth-order valence-electron chi connectivity index (χ4n) is 1.55. The number of rotatable bonds is 2. The zero-order chi connectivity index (χ0) is 11.5. The number of benzene rings is 2. The van der Waals surface area contributed by atoms with Gasteiger partial charge >= 0.3 is 105 Å². The molecule has 0 bridgehead atoms. The Balaban J connectivity index is 2.48. The first-order valence-corrected chi connectivity index (χ1v) is 12.3. The van der Waals surface area contributed by atoms with Crippen LogP contribution in [0, 0.1) is 0 Å². The van der Waals surface area contributed by atoms with E-state index in [1.807, 2.05) is 36.4 Å². The fraction of sp³-hybridized carbons (Fsp3) is 0. The van der Waals surface area contributed by atoms with Crippen LogP contribution in [0.5, 0.6) is 0 Å². The minimum absolute atomic E-state index is 0.861. The Morgan fingerprint density at radius 1 is 0.750 bits per heavy atom. The van der Waals surface area contributed by atoms with Gasteiger partial charge in [-0.2, -0.15) is 0 Å². The van der Waals surface area contributed by atoms with E-state index in [1.165, 1.54) is 8.92 Å². The van der Waals surface area contributed by atoms with E-state index in [2.05, 4.69) is 25.8 Å². The molecule has 0 aliphatic carbocycles. The molecule has 2 aromatic carbocycles. The number of anilines is 2. The van der Waals surface area contributed by atoms with Crippen LogP contribution >= 0.6 is 0 Å². The Labute approximate surface area is 105 Å². The summed E-state index contributed by atoms with van der Waals surface area (Å²) in [7, 11) is 0. The number of nitrogen functional groups attached to an aromatic ring is 2. The molecule has 0 aliphatic heterocycles. The van der Waals surface area contributed by atoms with Crippen LogP contribution in [0.4, 0.5) is 11.4 Å². The van der Waals surface area contributed by atoms with Crippen molar-refractivity contribution in [1.29, 1.82) is 0 Å². The van der Waals surface area contributed by atoms with Gasteiger partial charge in [0.2, 0.25) is 0 Å². The molecule has 2 aromatic rings. The summed E-state index contributed by atoms with van der Waals surface area (Å²) in [5, 5.41) is 0. The number of hydrogen-bond acceptors (Lipinski definition) is 2. The normalized spacial score (nSPS) is 11.1. The van der Waals surface area contributed by atoms with E-state index in [-0.39, 0.29) is 0 Å². The molecule has 0 aromatic heterocycles. The van der Waals surface area contributed by atoms with Gasteiger partial charge in [0.05, 0.1) is 0 Å². The van der Waals surface area contributed by atoms with Crippen LogP contribution in [0.2, 0.25) is 0 Å². The van der Waals surface area contributed by atoms with Crippen LogP contribution < -0.4 is 20.4 Å². The van der Waals surface area contributed by atoms with Crippen molar-refractivity contribution in [1.82, 2.24) is 0 Å². The number of hydrogen-bond donors (Lipinski definition) is 2. The summed E-state index contributed by atoms with van der Waals surface area (Å²) in [6.07, 6.45) is 0. The number of nitrogens with two attached hydrogens (primary N) is 2. The average Bonchev–Trinajstić information content (AvgIpc) is 2.29. The Bertz CT molecular complexity index is 491. The first-order chi connectivity index (χ1) is 7.70. The van der Waals surface area contributed by atoms with Crippen molar-refractivity contribution in [3.8, 4) is 0 Å². The number of para-hydroxylation sites is 2. The van der Waals surface area contributed by atoms with Crippen molar-refractivity contribution in [2.75, 3.05) is 11.5 Å². The molecule has 0 unspecified atom stereocenters. The van der Waals surface area contributed by atoms with E-state index in [9.17, 15) is 0 Å². The van der Waals surface area contributed by atoms with Crippen molar-refractivity contribution in [3.05, 3.63) is 48.5 Å². The van der Waals surface area contributed by atoms with Crippen LogP contribution in [-0.2, 0) is 0 Å². The minimum atomic E-state index is -1.67. The van der Waals surface area contributed by atoms with E-state index >= 15 is 0 Å². The van der Waals surface area contributed by atoms with Crippen molar-refractivity contribution in [3.63, 3.8) is 0 Å². The van der Waals surface area contributed by atoms with Gasteiger partial charge in [0, 0.05) is 0 Å². The van der Waals surface area contributed by atoms with Crippen LogP contribution in [0.1, 0.15) is 0 Å². The van der Waals surface area contributed by atoms with Crippen molar-refractivity contribution in [2.24, 2.45) is 0 Å². The van der Waals surface area contributed by atoms with Gasteiger partial charge in [-0.15, -0.1) is 0 Å². The molecular weight excluding hydrogens is 330 g/mol. The molecule has 4 N–H and O–H groups in total. The van der Waals surface area contributed by atoms with Gasteiger partial charge in [-0.25, -0.2) is 0 Å². The van der Waals surface area contributed by atoms with Gasteiger partial charge in [0.15, 0.2) is 0 Å². The molecule has 0 saturated carbocycles. The van der Waals surface area contributed by atoms with Crippen molar-refractivity contribution < 1.29 is 0 Å². The zero-order valence-corrected chi connectivity index (χ0v) is 12.5. The van der Waals surface area contributed by atoms with E-state index in [1.54, 1.807) is 0 Å². The van der Waals surface area contributed by atoms with Gasteiger partial charge in [0.25, 0.3) is 0 Å². The molecule has 16 heavy (non-hydrogen) atoms. The average molecular weight is 344 g/mol. The van der Waals surface area contributed by atoms with Crippen LogP contribution in [-0.4, -0.2) is 25.2 Å². The predicted molar refractivity (Wildman–Crippen MR) is 75.3 cm³/mol. The maximum atomic E-state index is 5.99. The van der Waals surface area contributed by atoms with E-state index < -0.39 is 11.5 Å². The van der Waals surface area contributed by atoms with E-state index in [0.29, 0.717) is 0 Å². The second-order valence-corrected chi connectivity index (χ2v) is 11.6. The summed E-state index contributed by atoms with van der Waals surface area (Å²) >= 11 is 1.63. The third kappa shape index (κ3) is 2.26. The fourth-order valence-corrected chi connectivity index (χ4v) is 8.70. The SMILES string of the molecule is Nc1ccccc1[SeH2](=[Se])c1ccccc1N. The van der Waals surface area contributed by atoms with E-state index in [0.717, 1.165) is 11.4 Å². The van der Waals surface area contributed by atoms with Gasteiger partial charge in [0.1, 0.15) is 0 Å². The molecule has 4 heteroatoms. The van der Waals surface area contributed by atoms with Gasteiger partial charge in [-0.3, -0.25) is 0 Å². The summed E-state index contributed by atoms with van der Waals surface area (Å²) in [6.45, 7) is 0. The van der Waals surface area contributed by atoms with Crippen molar-refractivity contribution >= 4 is 45.5 Å². The predicted octanol–water partition coefficient (Wildman–Crippen LogP) is -0.410. The summed E-state index contributed by atoms with van der Waals surface area (Å²) in [6, 6.07) is 16.0. The van der Waals surface area contributed by atoms with Crippen molar-refractivity contribution in [2.45, 2.75) is 0 Å². The molecule has 0 amide bonds. The third-order valence-corrected chi connectivity index (χ3v) is 11.2. The van der Waals surface area contributed by atoms with Gasteiger partial charge in [-0.05, 0) is 0 Å². The molecule has 84 valence electrons. The standard InChI is InChI=1S/C12H14N2Se2/c13-9-5-1-3-7-11(9)16(15)12-8-4-2-6-10(12)14/h1-8H,13-14,16H2. The monoisotopic (exact) mass is 346 g/mol. The summed E-state index contributed by atoms with van der Waals surface area (Å²) in [5.41, 5.74) is 13.7. The van der Waals surface area contributed by atoms with Crippen LogP contribution in [0.15, 0.2) is 48.5 Å². The van der Waals surface area contributed by atoms with Crippen LogP contribution in [0.3, 0.4) is 0 Å². The molecule has 0 aliphatic rings. The Hall–Kier alpha value is -0.921. The Morgan fingerprint density at radius 2 is 1.12 bits per heavy atom. The topological polar surface area (TPSA) is 52.0 Å². The molecule has 2 nitrogen and oxygen atoms in total. The third-order valence-electron chi connectivity index (χ3n) is 2.41. The molecule has 0 heterocycles. The molecule has 0 radical (unpaired) electrons. The van der Waals surface area contributed by atoms with E-state index in [4.69, 9.17) is 11.5 Å². The first kappa shape index (κ1) is 11.6. The molecule has 0 atom stereocenters. The summed E-state index contributed by atoms with van der Waals surface area (Å²) in [5.74, 6) is 0. The summed E-state index contributed by atoms with van der Waals surface area (Å²) in [4.78, 5) is 0. The van der Waals surface area contributed by atoms with Gasteiger partial charge < -0.3 is 0 Å². The van der Waals surface area contributed by atoms with Gasteiger partial charge in [-0.1, -0.05) is 0 Å². The molecule has 0 fully saturated rings. The molecule has 0 saturated heterocycles.